The average molecular weight is 302 g/mol. The number of carboxylic acids is 1. The molecule has 0 saturated carbocycles. The number of rotatable bonds is 3. The highest BCUT2D eigenvalue weighted by atomic mass is 32.2. The molecule has 0 saturated heterocycles. The van der Waals surface area contributed by atoms with Crippen LogP contribution in [0.4, 0.5) is 22.0 Å². The van der Waals surface area contributed by atoms with E-state index in [1.165, 1.54) is 0 Å². The maximum Gasteiger partial charge on any atom is 0.313 e. The maximum absolute atomic E-state index is 13.2. The molecule has 0 aromatic heterocycles. The third kappa shape index (κ3) is 2.78. The van der Waals surface area contributed by atoms with Crippen LogP contribution in [0.3, 0.4) is 0 Å². The molecule has 18 heavy (non-hydrogen) atoms. The lowest BCUT2D eigenvalue weighted by Crippen LogP contribution is -2.11. The van der Waals surface area contributed by atoms with Gasteiger partial charge in [-0.15, -0.1) is 11.8 Å². The van der Waals surface area contributed by atoms with Gasteiger partial charge < -0.3 is 5.11 Å². The van der Waals surface area contributed by atoms with Crippen LogP contribution < -0.4 is 0 Å². The van der Waals surface area contributed by atoms with Crippen molar-refractivity contribution in [2.45, 2.75) is 0 Å². The molecule has 0 bridgehead atoms. The zero-order valence-corrected chi connectivity index (χ0v) is 9.90. The lowest BCUT2D eigenvalue weighted by atomic mass is 10.2. The summed E-state index contributed by atoms with van der Waals surface area (Å²) in [6, 6.07) is 0. The van der Waals surface area contributed by atoms with Gasteiger partial charge in [0, 0.05) is 0 Å². The Morgan fingerprint density at radius 2 is 1.39 bits per heavy atom. The molecular weight excluding hydrogens is 299 g/mol. The van der Waals surface area contributed by atoms with E-state index in [-0.39, 0.29) is 11.8 Å². The first-order chi connectivity index (χ1) is 8.27. The molecule has 9 heteroatoms. The number of hydrogen-bond acceptors (Lipinski definition) is 3. The Hall–Kier alpha value is -1.22. The molecule has 0 atom stereocenters. The van der Waals surface area contributed by atoms with Crippen molar-refractivity contribution in [2.24, 2.45) is 0 Å². The van der Waals surface area contributed by atoms with Crippen molar-refractivity contribution >= 4 is 34.1 Å². The molecule has 1 aromatic carbocycles. The molecule has 0 fully saturated rings. The van der Waals surface area contributed by atoms with E-state index in [1.54, 1.807) is 0 Å². The van der Waals surface area contributed by atoms with Crippen molar-refractivity contribution in [1.82, 2.24) is 0 Å². The molecule has 2 nitrogen and oxygen atoms in total. The average Bonchev–Trinajstić information content (AvgIpc) is 2.31. The Kier molecular flexibility index (Phi) is 4.63. The monoisotopic (exact) mass is 302 g/mol. The van der Waals surface area contributed by atoms with Gasteiger partial charge >= 0.3 is 5.97 Å². The Morgan fingerprint density at radius 1 is 1.00 bits per heavy atom. The van der Waals surface area contributed by atoms with E-state index < -0.39 is 50.6 Å². The van der Waals surface area contributed by atoms with Gasteiger partial charge in [0.2, 0.25) is 5.82 Å². The minimum absolute atomic E-state index is 0.285. The number of benzene rings is 1. The van der Waals surface area contributed by atoms with Crippen LogP contribution in [-0.4, -0.2) is 21.0 Å². The molecule has 1 rings (SSSR count). The summed E-state index contributed by atoms with van der Waals surface area (Å²) in [5.41, 5.74) is -1.28. The Bertz CT molecular complexity index is 503. The van der Waals surface area contributed by atoms with Gasteiger partial charge in [-0.2, -0.15) is 0 Å². The van der Waals surface area contributed by atoms with E-state index in [0.717, 1.165) is 0 Å². The lowest BCUT2D eigenvalue weighted by Gasteiger charge is -2.08. The van der Waals surface area contributed by atoms with Gasteiger partial charge in [0.15, 0.2) is 23.3 Å². The van der Waals surface area contributed by atoms with Gasteiger partial charge in [0.1, 0.15) is 0 Å². The molecule has 0 aliphatic heterocycles. The number of carboxylic acid groups (broad SMARTS) is 1. The van der Waals surface area contributed by atoms with Crippen LogP contribution in [0.2, 0.25) is 0 Å². The highest BCUT2D eigenvalue weighted by Crippen LogP contribution is 2.26. The fraction of sp³-hybridized carbons (Fsp3) is 0.111. The summed E-state index contributed by atoms with van der Waals surface area (Å²) in [7, 11) is 0. The molecule has 0 radical (unpaired) electrons. The number of carbonyl (C=O) groups is 1. The van der Waals surface area contributed by atoms with Gasteiger partial charge in [-0.1, -0.05) is 12.2 Å². The molecule has 98 valence electrons. The summed E-state index contributed by atoms with van der Waals surface area (Å²) in [5.74, 6) is -12.7. The molecule has 0 amide bonds. The molecule has 0 aliphatic carbocycles. The summed E-state index contributed by atoms with van der Waals surface area (Å²) in [5, 5.41) is 8.33. The molecule has 1 aromatic rings. The minimum atomic E-state index is -2.29. The second-order valence-corrected chi connectivity index (χ2v) is 4.57. The fourth-order valence-electron chi connectivity index (χ4n) is 0.984. The second-order valence-electron chi connectivity index (χ2n) is 2.91. The van der Waals surface area contributed by atoms with Crippen molar-refractivity contribution < 1.29 is 31.9 Å². The van der Waals surface area contributed by atoms with Crippen molar-refractivity contribution in [2.75, 3.05) is 5.75 Å². The van der Waals surface area contributed by atoms with Crippen LogP contribution in [0.15, 0.2) is 0 Å². The summed E-state index contributed by atoms with van der Waals surface area (Å²) in [6.45, 7) is 0. The topological polar surface area (TPSA) is 37.3 Å². The van der Waals surface area contributed by atoms with E-state index in [0.29, 0.717) is 0 Å². The summed E-state index contributed by atoms with van der Waals surface area (Å²) in [4.78, 5) is 10.2. The molecule has 0 aliphatic rings. The number of hydrogen-bond donors (Lipinski definition) is 1. The Labute approximate surface area is 107 Å². The van der Waals surface area contributed by atoms with Crippen LogP contribution in [-0.2, 0) is 4.79 Å². The number of thiocarbonyl (C=S) groups is 1. The Morgan fingerprint density at radius 3 is 1.78 bits per heavy atom. The first-order valence-electron chi connectivity index (χ1n) is 4.17. The third-order valence-electron chi connectivity index (χ3n) is 1.74. The van der Waals surface area contributed by atoms with Crippen molar-refractivity contribution in [1.29, 1.82) is 0 Å². The fourth-order valence-corrected chi connectivity index (χ4v) is 1.92. The smallest absolute Gasteiger partial charge is 0.313 e. The quantitative estimate of drug-likeness (QED) is 0.403. The van der Waals surface area contributed by atoms with Crippen molar-refractivity contribution in [3.05, 3.63) is 34.6 Å². The predicted octanol–water partition coefficient (Wildman–Crippen LogP) is 2.88. The van der Waals surface area contributed by atoms with Gasteiger partial charge in [0.05, 0.1) is 15.5 Å². The normalized spacial score (nSPS) is 10.5. The number of aliphatic carboxylic acids is 1. The van der Waals surface area contributed by atoms with Gasteiger partial charge in [-0.3, -0.25) is 4.79 Å². The van der Waals surface area contributed by atoms with Gasteiger partial charge in [0.25, 0.3) is 0 Å². The van der Waals surface area contributed by atoms with Crippen molar-refractivity contribution in [3.63, 3.8) is 0 Å². The van der Waals surface area contributed by atoms with Crippen LogP contribution in [0.5, 0.6) is 0 Å². The zero-order chi connectivity index (χ0) is 14.0. The van der Waals surface area contributed by atoms with Crippen LogP contribution >= 0.6 is 24.0 Å². The predicted molar refractivity (Wildman–Crippen MR) is 58.0 cm³/mol. The molecule has 1 N–H and O–H groups in total. The highest BCUT2D eigenvalue weighted by molar-refractivity contribution is 8.24. The lowest BCUT2D eigenvalue weighted by molar-refractivity contribution is -0.133. The SMILES string of the molecule is O=C(O)CSC(=S)c1c(F)c(F)c(F)c(F)c1F. The van der Waals surface area contributed by atoms with E-state index in [4.69, 9.17) is 5.11 Å². The maximum atomic E-state index is 13.2. The van der Waals surface area contributed by atoms with Gasteiger partial charge in [-0.25, -0.2) is 22.0 Å². The number of thioether (sulfide) groups is 1. The van der Waals surface area contributed by atoms with E-state index in [9.17, 15) is 26.7 Å². The largest absolute Gasteiger partial charge is 0.481 e. The van der Waals surface area contributed by atoms with E-state index in [1.807, 2.05) is 0 Å². The first-order valence-corrected chi connectivity index (χ1v) is 5.57. The van der Waals surface area contributed by atoms with Crippen LogP contribution in [0.1, 0.15) is 5.56 Å². The second kappa shape index (κ2) is 5.61. The summed E-state index contributed by atoms with van der Waals surface area (Å²) < 4.78 is 64.0. The first kappa shape index (κ1) is 14.8. The third-order valence-corrected chi connectivity index (χ3v) is 3.16. The minimum Gasteiger partial charge on any atom is -0.481 e. The molecular formula is C9H3F5O2S2. The van der Waals surface area contributed by atoms with Gasteiger partial charge in [-0.05, 0) is 0 Å². The van der Waals surface area contributed by atoms with Crippen molar-refractivity contribution in [3.8, 4) is 0 Å². The molecule has 0 spiro atoms. The zero-order valence-electron chi connectivity index (χ0n) is 8.27. The van der Waals surface area contributed by atoms with E-state index in [2.05, 4.69) is 12.2 Å². The molecule has 0 unspecified atom stereocenters. The van der Waals surface area contributed by atoms with Crippen LogP contribution in [0.25, 0.3) is 0 Å². The summed E-state index contributed by atoms with van der Waals surface area (Å²) >= 11 is 4.73. The number of halogens is 5. The Balaban J connectivity index is 3.24. The van der Waals surface area contributed by atoms with E-state index >= 15 is 0 Å². The standard InChI is InChI=1S/C9H3F5O2S2/c10-4-3(9(17)18-1-2(15)16)5(11)7(13)8(14)6(4)12/h1H2,(H,15,16). The van der Waals surface area contributed by atoms with Crippen LogP contribution in [0, 0.1) is 29.1 Å². The highest BCUT2D eigenvalue weighted by Gasteiger charge is 2.28. The molecule has 0 heterocycles. The summed E-state index contributed by atoms with van der Waals surface area (Å²) in [6.07, 6.45) is 0.